The van der Waals surface area contributed by atoms with Crippen LogP contribution < -0.4 is 0 Å². The van der Waals surface area contributed by atoms with Crippen LogP contribution in [0.25, 0.3) is 0 Å². The second-order valence-electron chi connectivity index (χ2n) is 3.46. The first kappa shape index (κ1) is 15.0. The molecule has 0 unspecified atom stereocenters. The largest absolute Gasteiger partial charge is 0.462 e. The minimum atomic E-state index is -0.291. The molecule has 0 aliphatic heterocycles. The Balaban J connectivity index is 2.52. The summed E-state index contributed by atoms with van der Waals surface area (Å²) < 4.78 is 15.1. The molecule has 1 aromatic carbocycles. The minimum Gasteiger partial charge on any atom is -0.462 e. The Kier molecular flexibility index (Phi) is 6.78. The fourth-order valence-corrected chi connectivity index (χ4v) is 2.23. The van der Waals surface area contributed by atoms with Gasteiger partial charge in [-0.3, -0.25) is 0 Å². The number of thioether (sulfide) groups is 1. The lowest BCUT2D eigenvalue weighted by Crippen LogP contribution is -2.15. The number of rotatable bonds is 7. The summed E-state index contributed by atoms with van der Waals surface area (Å²) in [5, 5.41) is 0. The van der Waals surface area contributed by atoms with Gasteiger partial charge in [0.2, 0.25) is 0 Å². The van der Waals surface area contributed by atoms with Crippen molar-refractivity contribution < 1.29 is 19.0 Å². The Labute approximate surface area is 112 Å². The highest BCUT2D eigenvalue weighted by Crippen LogP contribution is 2.20. The van der Waals surface area contributed by atoms with E-state index in [0.717, 1.165) is 4.90 Å². The Hall–Kier alpha value is -1.04. The molecule has 18 heavy (non-hydrogen) atoms. The molecule has 1 aromatic rings. The molecule has 0 N–H and O–H groups in total. The molecule has 0 aromatic heterocycles. The lowest BCUT2D eigenvalue weighted by atomic mass is 10.2. The van der Waals surface area contributed by atoms with E-state index in [0.29, 0.717) is 17.9 Å². The molecule has 0 bridgehead atoms. The van der Waals surface area contributed by atoms with Crippen molar-refractivity contribution in [3.8, 4) is 0 Å². The predicted molar refractivity (Wildman–Crippen MR) is 70.9 cm³/mol. The first-order valence-corrected chi connectivity index (χ1v) is 6.65. The van der Waals surface area contributed by atoms with Gasteiger partial charge in [-0.2, -0.15) is 0 Å². The summed E-state index contributed by atoms with van der Waals surface area (Å²) in [6, 6.07) is 7.29. The Bertz CT molecular complexity index is 360. The SMILES string of the molecule is CCOC(=O)c1ccc(SCC(OC)OC)cc1. The summed E-state index contributed by atoms with van der Waals surface area (Å²) in [5.41, 5.74) is 0.566. The van der Waals surface area contributed by atoms with Crippen LogP contribution in [0.5, 0.6) is 0 Å². The van der Waals surface area contributed by atoms with Crippen molar-refractivity contribution in [2.45, 2.75) is 18.1 Å². The number of methoxy groups -OCH3 is 2. The molecule has 4 nitrogen and oxygen atoms in total. The molecule has 1 rings (SSSR count). The van der Waals surface area contributed by atoms with Gasteiger partial charge in [0.25, 0.3) is 0 Å². The monoisotopic (exact) mass is 270 g/mol. The molecule has 0 saturated carbocycles. The van der Waals surface area contributed by atoms with E-state index in [9.17, 15) is 4.79 Å². The van der Waals surface area contributed by atoms with E-state index in [1.54, 1.807) is 45.0 Å². The topological polar surface area (TPSA) is 44.8 Å². The second kappa shape index (κ2) is 8.13. The van der Waals surface area contributed by atoms with Crippen molar-refractivity contribution in [2.75, 3.05) is 26.6 Å². The van der Waals surface area contributed by atoms with Crippen LogP contribution in [0.3, 0.4) is 0 Å². The van der Waals surface area contributed by atoms with Gasteiger partial charge >= 0.3 is 5.97 Å². The number of esters is 1. The number of hydrogen-bond acceptors (Lipinski definition) is 5. The van der Waals surface area contributed by atoms with Crippen LogP contribution >= 0.6 is 11.8 Å². The summed E-state index contributed by atoms with van der Waals surface area (Å²) in [6.45, 7) is 2.18. The van der Waals surface area contributed by atoms with Crippen molar-refractivity contribution in [1.29, 1.82) is 0 Å². The maximum absolute atomic E-state index is 11.4. The molecular weight excluding hydrogens is 252 g/mol. The third kappa shape index (κ3) is 4.68. The third-order valence-corrected chi connectivity index (χ3v) is 3.32. The van der Waals surface area contributed by atoms with E-state index in [4.69, 9.17) is 14.2 Å². The lowest BCUT2D eigenvalue weighted by Gasteiger charge is -2.12. The van der Waals surface area contributed by atoms with E-state index in [1.165, 1.54) is 0 Å². The molecule has 5 heteroatoms. The molecule has 100 valence electrons. The maximum Gasteiger partial charge on any atom is 0.338 e. The predicted octanol–water partition coefficient (Wildman–Crippen LogP) is 2.57. The number of hydrogen-bond donors (Lipinski definition) is 0. The summed E-state index contributed by atoms with van der Waals surface area (Å²) in [5.74, 6) is 0.409. The van der Waals surface area contributed by atoms with Gasteiger partial charge in [-0.1, -0.05) is 0 Å². The molecule has 0 saturated heterocycles. The van der Waals surface area contributed by atoms with E-state index in [1.807, 2.05) is 12.1 Å². The van der Waals surface area contributed by atoms with Crippen LogP contribution in [0.1, 0.15) is 17.3 Å². The van der Waals surface area contributed by atoms with Crippen molar-refractivity contribution >= 4 is 17.7 Å². The molecular formula is C13H18O4S. The smallest absolute Gasteiger partial charge is 0.338 e. The summed E-state index contributed by atoms with van der Waals surface area (Å²) >= 11 is 1.61. The fourth-order valence-electron chi connectivity index (χ4n) is 1.30. The molecule has 0 spiro atoms. The molecule has 0 fully saturated rings. The highest BCUT2D eigenvalue weighted by molar-refractivity contribution is 7.99. The Morgan fingerprint density at radius 1 is 1.22 bits per heavy atom. The van der Waals surface area contributed by atoms with E-state index in [-0.39, 0.29) is 12.3 Å². The zero-order valence-electron chi connectivity index (χ0n) is 10.8. The normalized spacial score (nSPS) is 10.7. The third-order valence-electron chi connectivity index (χ3n) is 2.28. The molecule has 0 aliphatic rings. The van der Waals surface area contributed by atoms with Crippen molar-refractivity contribution in [1.82, 2.24) is 0 Å². The summed E-state index contributed by atoms with van der Waals surface area (Å²) in [7, 11) is 3.22. The number of carbonyl (C=O) groups is 1. The van der Waals surface area contributed by atoms with Crippen LogP contribution in [-0.2, 0) is 14.2 Å². The second-order valence-corrected chi connectivity index (χ2v) is 4.55. The van der Waals surface area contributed by atoms with Gasteiger partial charge in [-0.25, -0.2) is 4.79 Å². The zero-order valence-corrected chi connectivity index (χ0v) is 11.7. The molecule has 0 aliphatic carbocycles. The average molecular weight is 270 g/mol. The van der Waals surface area contributed by atoms with E-state index < -0.39 is 0 Å². The lowest BCUT2D eigenvalue weighted by molar-refractivity contribution is -0.0842. The summed E-state index contributed by atoms with van der Waals surface area (Å²) in [4.78, 5) is 12.5. The number of carbonyl (C=O) groups excluding carboxylic acids is 1. The maximum atomic E-state index is 11.4. The number of benzene rings is 1. The summed E-state index contributed by atoms with van der Waals surface area (Å²) in [6.07, 6.45) is -0.222. The van der Waals surface area contributed by atoms with Gasteiger partial charge in [0.15, 0.2) is 6.29 Å². The van der Waals surface area contributed by atoms with Crippen LogP contribution in [-0.4, -0.2) is 38.8 Å². The molecule has 0 amide bonds. The van der Waals surface area contributed by atoms with Gasteiger partial charge in [-0.15, -0.1) is 11.8 Å². The number of ether oxygens (including phenoxy) is 3. The fraction of sp³-hybridized carbons (Fsp3) is 0.462. The van der Waals surface area contributed by atoms with Crippen LogP contribution in [0.2, 0.25) is 0 Å². The standard InChI is InChI=1S/C13H18O4S/c1-4-17-13(14)10-5-7-11(8-6-10)18-9-12(15-2)16-3/h5-8,12H,4,9H2,1-3H3. The highest BCUT2D eigenvalue weighted by atomic mass is 32.2. The van der Waals surface area contributed by atoms with Gasteiger partial charge in [-0.05, 0) is 31.2 Å². The van der Waals surface area contributed by atoms with Crippen LogP contribution in [0.15, 0.2) is 29.2 Å². The molecule has 0 heterocycles. The molecule has 0 atom stereocenters. The van der Waals surface area contributed by atoms with Gasteiger partial charge in [0.05, 0.1) is 12.2 Å². The van der Waals surface area contributed by atoms with Crippen molar-refractivity contribution in [3.63, 3.8) is 0 Å². The first-order chi connectivity index (χ1) is 8.71. The van der Waals surface area contributed by atoms with Gasteiger partial charge in [0, 0.05) is 24.9 Å². The van der Waals surface area contributed by atoms with Crippen LogP contribution in [0.4, 0.5) is 0 Å². The first-order valence-electron chi connectivity index (χ1n) is 5.66. The van der Waals surface area contributed by atoms with E-state index >= 15 is 0 Å². The van der Waals surface area contributed by atoms with Crippen molar-refractivity contribution in [2.24, 2.45) is 0 Å². The van der Waals surface area contributed by atoms with Gasteiger partial charge in [0.1, 0.15) is 0 Å². The highest BCUT2D eigenvalue weighted by Gasteiger charge is 2.08. The van der Waals surface area contributed by atoms with Gasteiger partial charge < -0.3 is 14.2 Å². The average Bonchev–Trinajstić information content (AvgIpc) is 2.41. The molecule has 0 radical (unpaired) electrons. The minimum absolute atomic E-state index is 0.222. The Morgan fingerprint density at radius 2 is 1.83 bits per heavy atom. The zero-order chi connectivity index (χ0) is 13.4. The van der Waals surface area contributed by atoms with Crippen molar-refractivity contribution in [3.05, 3.63) is 29.8 Å². The quantitative estimate of drug-likeness (QED) is 0.433. The van der Waals surface area contributed by atoms with E-state index in [2.05, 4.69) is 0 Å². The Morgan fingerprint density at radius 3 is 2.33 bits per heavy atom. The van der Waals surface area contributed by atoms with Crippen LogP contribution in [0, 0.1) is 0 Å².